The molecule has 2 aromatic heterocycles. The summed E-state index contributed by atoms with van der Waals surface area (Å²) in [6, 6.07) is 19.1. The Morgan fingerprint density at radius 1 is 0.862 bits per heavy atom. The fraction of sp³-hybridized carbons (Fsp3) is 0.240. The smallest absolute Gasteiger partial charge is 0.147 e. The zero-order valence-corrected chi connectivity index (χ0v) is 18.2. The number of nitrogens with zero attached hydrogens (tertiary/aromatic N) is 2. The lowest BCUT2D eigenvalue weighted by atomic mass is 10.1. The van der Waals surface area contributed by atoms with Crippen LogP contribution < -0.4 is 4.74 Å². The maximum absolute atomic E-state index is 6.27. The van der Waals surface area contributed by atoms with E-state index in [0.717, 1.165) is 23.3 Å². The number of rotatable bonds is 5. The fourth-order valence-corrected chi connectivity index (χ4v) is 3.67. The fourth-order valence-electron chi connectivity index (χ4n) is 3.67. The minimum atomic E-state index is 0. The monoisotopic (exact) mass is 406 g/mol. The van der Waals surface area contributed by atoms with Gasteiger partial charge in [0.05, 0.1) is 5.52 Å². The van der Waals surface area contributed by atoms with Gasteiger partial charge in [-0.1, -0.05) is 59.7 Å². The number of hydrogen-bond acceptors (Lipinski definition) is 2. The van der Waals surface area contributed by atoms with Crippen molar-refractivity contribution in [1.29, 1.82) is 0 Å². The van der Waals surface area contributed by atoms with Gasteiger partial charge in [0.15, 0.2) is 0 Å². The molecule has 0 aliphatic heterocycles. The van der Waals surface area contributed by atoms with Crippen molar-refractivity contribution in [3.63, 3.8) is 0 Å². The van der Waals surface area contributed by atoms with Crippen LogP contribution in [-0.2, 0) is 13.2 Å². The van der Waals surface area contributed by atoms with Crippen LogP contribution in [0.25, 0.3) is 11.0 Å². The molecule has 0 bridgehead atoms. The first-order valence-electron chi connectivity index (χ1n) is 9.71. The molecule has 0 aliphatic rings. The van der Waals surface area contributed by atoms with Crippen LogP contribution in [0, 0.1) is 27.7 Å². The normalized spacial score (nSPS) is 10.8. The summed E-state index contributed by atoms with van der Waals surface area (Å²) in [5, 5.41) is 0. The summed E-state index contributed by atoms with van der Waals surface area (Å²) in [4.78, 5) is 4.65. The second kappa shape index (κ2) is 8.71. The van der Waals surface area contributed by atoms with Gasteiger partial charge in [-0.3, -0.25) is 4.98 Å². The zero-order valence-electron chi connectivity index (χ0n) is 17.4. The second-order valence-electron chi connectivity index (χ2n) is 7.57. The molecule has 3 nitrogen and oxygen atoms in total. The van der Waals surface area contributed by atoms with Crippen LogP contribution in [0.3, 0.4) is 0 Å². The maximum Gasteiger partial charge on any atom is 0.147 e. The van der Waals surface area contributed by atoms with Gasteiger partial charge in [-0.25, -0.2) is 0 Å². The molecule has 2 aromatic carbocycles. The molecule has 4 heteroatoms. The van der Waals surface area contributed by atoms with Crippen LogP contribution >= 0.6 is 12.4 Å². The molecular weight excluding hydrogens is 380 g/mol. The molecule has 150 valence electrons. The van der Waals surface area contributed by atoms with Crippen molar-refractivity contribution in [3.05, 3.63) is 94.3 Å². The van der Waals surface area contributed by atoms with Crippen molar-refractivity contribution >= 4 is 23.4 Å². The van der Waals surface area contributed by atoms with E-state index in [4.69, 9.17) is 4.74 Å². The average Bonchev–Trinajstić information content (AvgIpc) is 2.94. The molecule has 0 atom stereocenters. The highest BCUT2D eigenvalue weighted by atomic mass is 35.5. The lowest BCUT2D eigenvalue weighted by Gasteiger charge is -2.13. The van der Waals surface area contributed by atoms with Crippen molar-refractivity contribution < 1.29 is 4.74 Å². The molecule has 0 spiro atoms. The average molecular weight is 407 g/mol. The maximum atomic E-state index is 6.27. The summed E-state index contributed by atoms with van der Waals surface area (Å²) in [6.45, 7) is 9.88. The molecule has 4 rings (SSSR count). The highest BCUT2D eigenvalue weighted by molar-refractivity contribution is 5.86. The number of benzene rings is 2. The van der Waals surface area contributed by atoms with Crippen molar-refractivity contribution in [2.75, 3.05) is 0 Å². The lowest BCUT2D eigenvalue weighted by molar-refractivity contribution is 0.308. The molecule has 0 N–H and O–H groups in total. The standard InChI is InChI=1S/C25H26N2O.ClH/c1-17-8-10-21(11-9-17)15-27-20(4)19(3)24-25(27)23(12-13-26-24)28-16-22-7-5-6-18(2)14-22;/h5-14H,15-16H2,1-4H3;1H. The molecule has 4 aromatic rings. The quantitative estimate of drug-likeness (QED) is 0.387. The Morgan fingerprint density at radius 3 is 2.34 bits per heavy atom. The molecule has 0 saturated carbocycles. The SMILES string of the molecule is Cc1ccc(Cn2c(C)c(C)c3nccc(OCc4cccc(C)c4)c32)cc1.Cl. The summed E-state index contributed by atoms with van der Waals surface area (Å²) >= 11 is 0. The number of pyridine rings is 1. The first-order chi connectivity index (χ1) is 13.5. The third-order valence-electron chi connectivity index (χ3n) is 5.40. The zero-order chi connectivity index (χ0) is 19.7. The number of hydrogen-bond donors (Lipinski definition) is 0. The van der Waals surface area contributed by atoms with Gasteiger partial charge in [0.25, 0.3) is 0 Å². The topological polar surface area (TPSA) is 27.1 Å². The molecule has 0 radical (unpaired) electrons. The third-order valence-corrected chi connectivity index (χ3v) is 5.40. The predicted octanol–water partition coefficient (Wildman–Crippen LogP) is 6.32. The predicted molar refractivity (Wildman–Crippen MR) is 122 cm³/mol. The number of ether oxygens (including phenoxy) is 1. The number of aromatic nitrogens is 2. The Balaban J connectivity index is 0.00000240. The van der Waals surface area contributed by atoms with Gasteiger partial charge in [-0.2, -0.15) is 0 Å². The van der Waals surface area contributed by atoms with Gasteiger partial charge >= 0.3 is 0 Å². The van der Waals surface area contributed by atoms with Gasteiger partial charge in [0.1, 0.15) is 17.9 Å². The Morgan fingerprint density at radius 2 is 1.62 bits per heavy atom. The van der Waals surface area contributed by atoms with Crippen molar-refractivity contribution in [2.45, 2.75) is 40.8 Å². The van der Waals surface area contributed by atoms with Crippen LogP contribution in [0.4, 0.5) is 0 Å². The Labute approximate surface area is 178 Å². The summed E-state index contributed by atoms with van der Waals surface area (Å²) in [7, 11) is 0. The van der Waals surface area contributed by atoms with Gasteiger partial charge < -0.3 is 9.30 Å². The van der Waals surface area contributed by atoms with Gasteiger partial charge in [-0.05, 0) is 44.4 Å². The van der Waals surface area contributed by atoms with Crippen LogP contribution in [0.15, 0.2) is 60.8 Å². The Bertz CT molecular complexity index is 1130. The highest BCUT2D eigenvalue weighted by Gasteiger charge is 2.16. The molecule has 0 amide bonds. The molecule has 0 unspecified atom stereocenters. The number of fused-ring (bicyclic) bond motifs is 1. The summed E-state index contributed by atoms with van der Waals surface area (Å²) in [5.41, 5.74) is 9.51. The minimum Gasteiger partial charge on any atom is -0.487 e. The molecule has 29 heavy (non-hydrogen) atoms. The molecule has 0 saturated heterocycles. The summed E-state index contributed by atoms with van der Waals surface area (Å²) in [6.07, 6.45) is 1.84. The molecule has 2 heterocycles. The summed E-state index contributed by atoms with van der Waals surface area (Å²) in [5.74, 6) is 0.884. The van der Waals surface area contributed by atoms with Gasteiger partial charge in [0, 0.05) is 24.5 Å². The van der Waals surface area contributed by atoms with E-state index in [1.54, 1.807) is 0 Å². The van der Waals surface area contributed by atoms with E-state index in [2.05, 4.69) is 85.8 Å². The van der Waals surface area contributed by atoms with E-state index in [0.29, 0.717) is 6.61 Å². The first kappa shape index (κ1) is 20.9. The third kappa shape index (κ3) is 4.30. The van der Waals surface area contributed by atoms with Crippen LogP contribution in [0.2, 0.25) is 0 Å². The van der Waals surface area contributed by atoms with E-state index >= 15 is 0 Å². The van der Waals surface area contributed by atoms with E-state index in [1.807, 2.05) is 12.3 Å². The summed E-state index contributed by atoms with van der Waals surface area (Å²) < 4.78 is 8.59. The van der Waals surface area contributed by atoms with Crippen molar-refractivity contribution in [1.82, 2.24) is 9.55 Å². The van der Waals surface area contributed by atoms with Crippen molar-refractivity contribution in [2.24, 2.45) is 0 Å². The van der Waals surface area contributed by atoms with Crippen LogP contribution in [0.5, 0.6) is 5.75 Å². The minimum absolute atomic E-state index is 0. The van der Waals surface area contributed by atoms with E-state index in [-0.39, 0.29) is 12.4 Å². The second-order valence-corrected chi connectivity index (χ2v) is 7.57. The number of aryl methyl sites for hydroxylation is 3. The van der Waals surface area contributed by atoms with E-state index < -0.39 is 0 Å². The molecule has 0 fully saturated rings. The largest absolute Gasteiger partial charge is 0.487 e. The van der Waals surface area contributed by atoms with E-state index in [1.165, 1.54) is 33.5 Å². The number of halogens is 1. The van der Waals surface area contributed by atoms with E-state index in [9.17, 15) is 0 Å². The Hall–Kier alpha value is -2.78. The van der Waals surface area contributed by atoms with Gasteiger partial charge in [0.2, 0.25) is 0 Å². The molecular formula is C25H27ClN2O. The molecule has 0 aliphatic carbocycles. The van der Waals surface area contributed by atoms with Crippen LogP contribution in [0.1, 0.15) is 33.5 Å². The first-order valence-corrected chi connectivity index (χ1v) is 9.71. The van der Waals surface area contributed by atoms with Crippen molar-refractivity contribution in [3.8, 4) is 5.75 Å². The Kier molecular flexibility index (Phi) is 6.29. The lowest BCUT2D eigenvalue weighted by Crippen LogP contribution is -2.04. The van der Waals surface area contributed by atoms with Gasteiger partial charge in [-0.15, -0.1) is 12.4 Å². The van der Waals surface area contributed by atoms with Crippen LogP contribution in [-0.4, -0.2) is 9.55 Å². The highest BCUT2D eigenvalue weighted by Crippen LogP contribution is 2.32.